The Labute approximate surface area is 168 Å². The SMILES string of the molecule is CCNC(=O)c1cccc(NC(=O)COC(=O)CSC(=S)N2CCCC2)c1. The minimum atomic E-state index is -0.493. The molecule has 0 unspecified atom stereocenters. The normalized spacial score (nSPS) is 13.1. The maximum absolute atomic E-state index is 11.9. The molecule has 9 heteroatoms. The van der Waals surface area contributed by atoms with Crippen LogP contribution in [0.5, 0.6) is 0 Å². The van der Waals surface area contributed by atoms with E-state index in [9.17, 15) is 14.4 Å². The maximum atomic E-state index is 11.9. The van der Waals surface area contributed by atoms with Crippen LogP contribution >= 0.6 is 24.0 Å². The molecular formula is C18H23N3O4S2. The van der Waals surface area contributed by atoms with Crippen molar-refractivity contribution >= 4 is 51.8 Å². The highest BCUT2D eigenvalue weighted by Crippen LogP contribution is 2.16. The molecule has 1 fully saturated rings. The van der Waals surface area contributed by atoms with Crippen molar-refractivity contribution in [3.05, 3.63) is 29.8 Å². The lowest BCUT2D eigenvalue weighted by atomic mass is 10.2. The number of hydrogen-bond donors (Lipinski definition) is 2. The van der Waals surface area contributed by atoms with Crippen molar-refractivity contribution in [3.63, 3.8) is 0 Å². The first-order valence-electron chi connectivity index (χ1n) is 8.75. The van der Waals surface area contributed by atoms with Crippen LogP contribution in [-0.2, 0) is 14.3 Å². The third kappa shape index (κ3) is 7.18. The molecule has 2 rings (SSSR count). The van der Waals surface area contributed by atoms with Gasteiger partial charge in [0, 0.05) is 30.9 Å². The van der Waals surface area contributed by atoms with E-state index in [4.69, 9.17) is 17.0 Å². The Hall–Kier alpha value is -2.13. The van der Waals surface area contributed by atoms with E-state index in [1.54, 1.807) is 24.3 Å². The van der Waals surface area contributed by atoms with Crippen LogP contribution < -0.4 is 10.6 Å². The van der Waals surface area contributed by atoms with Crippen LogP contribution in [0.15, 0.2) is 24.3 Å². The summed E-state index contributed by atoms with van der Waals surface area (Å²) in [7, 11) is 0. The number of carbonyl (C=O) groups excluding carboxylic acids is 3. The smallest absolute Gasteiger partial charge is 0.316 e. The predicted octanol–water partition coefficient (Wildman–Crippen LogP) is 2.03. The Balaban J connectivity index is 1.72. The molecule has 1 aliphatic heterocycles. The largest absolute Gasteiger partial charge is 0.455 e. The summed E-state index contributed by atoms with van der Waals surface area (Å²) in [6.07, 6.45) is 2.24. The van der Waals surface area contributed by atoms with Gasteiger partial charge in [-0.15, -0.1) is 0 Å². The second kappa shape index (κ2) is 10.9. The van der Waals surface area contributed by atoms with Gasteiger partial charge in [-0.05, 0) is 38.0 Å². The van der Waals surface area contributed by atoms with E-state index < -0.39 is 11.9 Å². The van der Waals surface area contributed by atoms with Crippen LogP contribution in [-0.4, -0.2) is 59.0 Å². The number of amides is 2. The minimum Gasteiger partial charge on any atom is -0.455 e. The number of thiocarbonyl (C=S) groups is 1. The average molecular weight is 410 g/mol. The Morgan fingerprint density at radius 1 is 1.26 bits per heavy atom. The van der Waals surface area contributed by atoms with Gasteiger partial charge in [0.15, 0.2) is 6.61 Å². The highest BCUT2D eigenvalue weighted by Gasteiger charge is 2.17. The van der Waals surface area contributed by atoms with Crippen molar-refractivity contribution < 1.29 is 19.1 Å². The van der Waals surface area contributed by atoms with Gasteiger partial charge in [-0.3, -0.25) is 14.4 Å². The number of benzene rings is 1. The fraction of sp³-hybridized carbons (Fsp3) is 0.444. The zero-order chi connectivity index (χ0) is 19.6. The average Bonchev–Trinajstić information content (AvgIpc) is 3.19. The van der Waals surface area contributed by atoms with Gasteiger partial charge >= 0.3 is 5.97 Å². The molecular weight excluding hydrogens is 386 g/mol. The van der Waals surface area contributed by atoms with Crippen molar-refractivity contribution in [3.8, 4) is 0 Å². The van der Waals surface area contributed by atoms with Crippen LogP contribution in [0.2, 0.25) is 0 Å². The lowest BCUT2D eigenvalue weighted by Crippen LogP contribution is -2.26. The van der Waals surface area contributed by atoms with Gasteiger partial charge in [-0.2, -0.15) is 0 Å². The van der Waals surface area contributed by atoms with Gasteiger partial charge in [0.25, 0.3) is 11.8 Å². The lowest BCUT2D eigenvalue weighted by Gasteiger charge is -2.17. The van der Waals surface area contributed by atoms with Gasteiger partial charge in [0.05, 0.1) is 5.75 Å². The second-order valence-corrected chi connectivity index (χ2v) is 7.51. The Morgan fingerprint density at radius 3 is 2.70 bits per heavy atom. The zero-order valence-corrected chi connectivity index (χ0v) is 16.8. The van der Waals surface area contributed by atoms with Crippen molar-refractivity contribution in [1.82, 2.24) is 10.2 Å². The second-order valence-electron chi connectivity index (χ2n) is 5.90. The minimum absolute atomic E-state index is 0.0787. The highest BCUT2D eigenvalue weighted by molar-refractivity contribution is 8.23. The molecule has 1 aromatic carbocycles. The van der Waals surface area contributed by atoms with Gasteiger partial charge in [-0.25, -0.2) is 0 Å². The summed E-state index contributed by atoms with van der Waals surface area (Å²) in [6.45, 7) is 3.82. The van der Waals surface area contributed by atoms with Crippen molar-refractivity contribution in [2.45, 2.75) is 19.8 Å². The van der Waals surface area contributed by atoms with Crippen LogP contribution in [0.25, 0.3) is 0 Å². The van der Waals surface area contributed by atoms with Crippen LogP contribution in [0, 0.1) is 0 Å². The molecule has 0 aliphatic carbocycles. The van der Waals surface area contributed by atoms with Crippen LogP contribution in [0.1, 0.15) is 30.1 Å². The summed E-state index contributed by atoms with van der Waals surface area (Å²) >= 11 is 6.53. The molecule has 1 aliphatic rings. The third-order valence-electron chi connectivity index (χ3n) is 3.79. The molecule has 1 saturated heterocycles. The molecule has 0 radical (unpaired) electrons. The lowest BCUT2D eigenvalue weighted by molar-refractivity contribution is -0.144. The molecule has 7 nitrogen and oxygen atoms in total. The Morgan fingerprint density at radius 2 is 2.00 bits per heavy atom. The van der Waals surface area contributed by atoms with E-state index in [1.807, 2.05) is 6.92 Å². The number of anilines is 1. The molecule has 1 heterocycles. The first-order chi connectivity index (χ1) is 13.0. The standard InChI is InChI=1S/C18H23N3O4S2/c1-2-19-17(24)13-6-5-7-14(10-13)20-15(22)11-25-16(23)12-27-18(26)21-8-3-4-9-21/h5-7,10H,2-4,8-9,11-12H2,1H3,(H,19,24)(H,20,22). The summed E-state index contributed by atoms with van der Waals surface area (Å²) in [5.74, 6) is -1.10. The summed E-state index contributed by atoms with van der Waals surface area (Å²) < 4.78 is 5.67. The predicted molar refractivity (Wildman–Crippen MR) is 110 cm³/mol. The number of esters is 1. The summed E-state index contributed by atoms with van der Waals surface area (Å²) in [5, 5.41) is 5.30. The molecule has 0 aromatic heterocycles. The van der Waals surface area contributed by atoms with Crippen molar-refractivity contribution in [2.24, 2.45) is 0 Å². The first-order valence-corrected chi connectivity index (χ1v) is 10.1. The number of rotatable bonds is 7. The van der Waals surface area contributed by atoms with E-state index in [0.29, 0.717) is 22.1 Å². The summed E-state index contributed by atoms with van der Waals surface area (Å²) in [4.78, 5) is 37.6. The van der Waals surface area contributed by atoms with E-state index >= 15 is 0 Å². The topological polar surface area (TPSA) is 87.7 Å². The summed E-state index contributed by atoms with van der Waals surface area (Å²) in [5.41, 5.74) is 0.905. The number of ether oxygens (including phenoxy) is 1. The molecule has 27 heavy (non-hydrogen) atoms. The Kier molecular flexibility index (Phi) is 8.53. The number of nitrogens with zero attached hydrogens (tertiary/aromatic N) is 1. The van der Waals surface area contributed by atoms with E-state index in [1.165, 1.54) is 11.8 Å². The van der Waals surface area contributed by atoms with Crippen molar-refractivity contribution in [2.75, 3.05) is 37.3 Å². The molecule has 1 aromatic rings. The van der Waals surface area contributed by atoms with E-state index in [0.717, 1.165) is 25.9 Å². The molecule has 2 amide bonds. The van der Waals surface area contributed by atoms with Crippen LogP contribution in [0.3, 0.4) is 0 Å². The van der Waals surface area contributed by atoms with Gasteiger partial charge in [-0.1, -0.05) is 30.0 Å². The van der Waals surface area contributed by atoms with Gasteiger partial charge < -0.3 is 20.3 Å². The van der Waals surface area contributed by atoms with Crippen LogP contribution in [0.4, 0.5) is 5.69 Å². The molecule has 0 saturated carbocycles. The number of likely N-dealkylation sites (tertiary alicyclic amines) is 1. The number of nitrogens with one attached hydrogen (secondary N) is 2. The molecule has 0 bridgehead atoms. The number of carbonyl (C=O) groups is 3. The number of hydrogen-bond acceptors (Lipinski definition) is 6. The molecule has 2 N–H and O–H groups in total. The van der Waals surface area contributed by atoms with Crippen molar-refractivity contribution in [1.29, 1.82) is 0 Å². The highest BCUT2D eigenvalue weighted by atomic mass is 32.2. The Bertz CT molecular complexity index is 706. The molecule has 146 valence electrons. The maximum Gasteiger partial charge on any atom is 0.316 e. The quantitative estimate of drug-likeness (QED) is 0.526. The zero-order valence-electron chi connectivity index (χ0n) is 15.2. The summed E-state index contributed by atoms with van der Waals surface area (Å²) in [6, 6.07) is 6.55. The molecule has 0 spiro atoms. The fourth-order valence-corrected chi connectivity index (χ4v) is 3.55. The first kappa shape index (κ1) is 21.2. The van der Waals surface area contributed by atoms with Gasteiger partial charge in [0.2, 0.25) is 0 Å². The van der Waals surface area contributed by atoms with Gasteiger partial charge in [0.1, 0.15) is 4.32 Å². The van der Waals surface area contributed by atoms with E-state index in [-0.39, 0.29) is 18.3 Å². The number of thioether (sulfide) groups is 1. The fourth-order valence-electron chi connectivity index (χ4n) is 2.50. The molecule has 0 atom stereocenters. The third-order valence-corrected chi connectivity index (χ3v) is 5.28. The monoisotopic (exact) mass is 409 g/mol. The van der Waals surface area contributed by atoms with E-state index in [2.05, 4.69) is 15.5 Å².